The second-order valence-electron chi connectivity index (χ2n) is 7.81. The van der Waals surface area contributed by atoms with E-state index in [0.29, 0.717) is 77.0 Å². The average molecular weight is 523 g/mol. The van der Waals surface area contributed by atoms with Crippen LogP contribution in [-0.2, 0) is 14.2 Å². The summed E-state index contributed by atoms with van der Waals surface area (Å²) < 4.78 is 16.3. The number of hydrogen-bond acceptors (Lipinski definition) is 9. The molecule has 0 fully saturated rings. The van der Waals surface area contributed by atoms with Crippen LogP contribution in [0, 0.1) is 13.8 Å². The van der Waals surface area contributed by atoms with Gasteiger partial charge in [0.05, 0.1) is 26.4 Å². The molecule has 0 atom stereocenters. The minimum atomic E-state index is -0.465. The molecular weight excluding hydrogens is 488 g/mol. The summed E-state index contributed by atoms with van der Waals surface area (Å²) in [5, 5.41) is 10.2. The lowest BCUT2D eigenvalue weighted by atomic mass is 10.4. The molecule has 0 radical (unpaired) electrons. The summed E-state index contributed by atoms with van der Waals surface area (Å²) in [6.45, 7) is 6.77. The summed E-state index contributed by atoms with van der Waals surface area (Å²) in [7, 11) is 0. The Labute approximate surface area is 213 Å². The molecule has 0 aliphatic heterocycles. The van der Waals surface area contributed by atoms with Gasteiger partial charge in [0.15, 0.2) is 0 Å². The highest BCUT2D eigenvalue weighted by Crippen LogP contribution is 1.96. The third-order valence-electron chi connectivity index (χ3n) is 4.46. The highest BCUT2D eigenvalue weighted by atomic mass is 16.5. The highest BCUT2D eigenvalue weighted by Gasteiger charge is 2.05. The molecule has 37 heavy (non-hydrogen) atoms. The van der Waals surface area contributed by atoms with E-state index in [2.05, 4.69) is 41.2 Å². The van der Waals surface area contributed by atoms with Crippen molar-refractivity contribution >= 4 is 24.0 Å². The van der Waals surface area contributed by atoms with Crippen LogP contribution in [0.4, 0.5) is 21.5 Å². The maximum atomic E-state index is 11.8. The predicted octanol–water partition coefficient (Wildman–Crippen LogP) is 0.243. The number of ether oxygens (including phenoxy) is 3. The summed E-state index contributed by atoms with van der Waals surface area (Å²) >= 11 is 0. The van der Waals surface area contributed by atoms with Crippen LogP contribution in [0.15, 0.2) is 21.7 Å². The van der Waals surface area contributed by atoms with Crippen molar-refractivity contribution in [1.29, 1.82) is 0 Å². The number of rotatable bonds is 16. The van der Waals surface area contributed by atoms with Crippen molar-refractivity contribution in [2.45, 2.75) is 26.7 Å². The van der Waals surface area contributed by atoms with Crippen molar-refractivity contribution in [2.24, 2.45) is 0 Å². The predicted molar refractivity (Wildman–Crippen MR) is 135 cm³/mol. The molecule has 15 heteroatoms. The van der Waals surface area contributed by atoms with Crippen molar-refractivity contribution in [2.75, 3.05) is 63.4 Å². The number of H-pyrrole nitrogens is 2. The number of carbonyl (C=O) groups is 2. The molecule has 2 aromatic rings. The first-order chi connectivity index (χ1) is 17.8. The van der Waals surface area contributed by atoms with E-state index in [1.54, 1.807) is 13.8 Å². The van der Waals surface area contributed by atoms with Gasteiger partial charge in [0.25, 0.3) is 11.1 Å². The van der Waals surface area contributed by atoms with E-state index in [0.717, 1.165) is 0 Å². The van der Waals surface area contributed by atoms with Crippen molar-refractivity contribution in [3.05, 3.63) is 44.2 Å². The number of anilines is 2. The molecule has 6 N–H and O–H groups in total. The highest BCUT2D eigenvalue weighted by molar-refractivity contribution is 5.87. The number of carbonyl (C=O) groups excluding carboxylic acids is 2. The SMILES string of the molecule is Cc1cc(=O)nc(NC(=O)NCCCOCCOCCOCCCNC(=O)Nc2nc(=O)cc(C)[nH]2)[nH]1. The third kappa shape index (κ3) is 13.7. The van der Waals surface area contributed by atoms with Crippen LogP contribution in [0.2, 0.25) is 0 Å². The van der Waals surface area contributed by atoms with Crippen molar-refractivity contribution in [3.8, 4) is 0 Å². The molecule has 0 spiro atoms. The molecule has 4 amide bonds. The van der Waals surface area contributed by atoms with Gasteiger partial charge in [-0.3, -0.25) is 20.2 Å². The maximum Gasteiger partial charge on any atom is 0.321 e. The van der Waals surface area contributed by atoms with Crippen LogP contribution in [-0.4, -0.2) is 84.7 Å². The molecule has 2 heterocycles. The minimum absolute atomic E-state index is 0.0928. The van der Waals surface area contributed by atoms with Gasteiger partial charge >= 0.3 is 12.1 Å². The van der Waals surface area contributed by atoms with Gasteiger partial charge in [-0.2, -0.15) is 9.97 Å². The zero-order valence-electron chi connectivity index (χ0n) is 21.0. The van der Waals surface area contributed by atoms with E-state index in [9.17, 15) is 19.2 Å². The molecule has 0 bridgehead atoms. The van der Waals surface area contributed by atoms with E-state index >= 15 is 0 Å². The Balaban J connectivity index is 1.34. The summed E-state index contributed by atoms with van der Waals surface area (Å²) in [6, 6.07) is 1.74. The standard InChI is InChI=1S/C22H34N8O7/c1-15-13-17(31)27-19(25-15)29-21(33)23-5-3-7-35-9-11-37-12-10-36-8-4-6-24-22(34)30-20-26-16(2)14-18(32)28-20/h13-14H,3-12H2,1-2H3,(H3,23,25,27,29,31,33)(H3,24,26,28,30,32,34). The number of amides is 4. The Morgan fingerprint density at radius 3 is 1.46 bits per heavy atom. The number of aromatic nitrogens is 4. The third-order valence-corrected chi connectivity index (χ3v) is 4.46. The Kier molecular flexibility index (Phi) is 13.3. The summed E-state index contributed by atoms with van der Waals surface area (Å²) in [5.74, 6) is 0.186. The number of nitrogens with one attached hydrogen (secondary N) is 6. The number of aryl methyl sites for hydroxylation is 2. The molecule has 0 aliphatic carbocycles. The van der Waals surface area contributed by atoms with Crippen LogP contribution in [0.1, 0.15) is 24.2 Å². The lowest BCUT2D eigenvalue weighted by Crippen LogP contribution is -2.31. The Hall–Kier alpha value is -3.82. The minimum Gasteiger partial charge on any atom is -0.379 e. The molecular formula is C22H34N8O7. The summed E-state index contributed by atoms with van der Waals surface area (Å²) in [6.07, 6.45) is 1.22. The fourth-order valence-electron chi connectivity index (χ4n) is 2.87. The summed E-state index contributed by atoms with van der Waals surface area (Å²) in [4.78, 5) is 59.1. The van der Waals surface area contributed by atoms with E-state index < -0.39 is 23.2 Å². The van der Waals surface area contributed by atoms with Gasteiger partial charge in [-0.1, -0.05) is 0 Å². The summed E-state index contributed by atoms with van der Waals surface area (Å²) in [5.41, 5.74) is 0.344. The molecule has 0 unspecified atom stereocenters. The fourth-order valence-corrected chi connectivity index (χ4v) is 2.87. The van der Waals surface area contributed by atoms with Crippen LogP contribution in [0.3, 0.4) is 0 Å². The van der Waals surface area contributed by atoms with Gasteiger partial charge in [0, 0.05) is 49.8 Å². The molecule has 2 rings (SSSR count). The van der Waals surface area contributed by atoms with Gasteiger partial charge in [-0.25, -0.2) is 9.59 Å². The van der Waals surface area contributed by atoms with Crippen molar-refractivity contribution in [3.63, 3.8) is 0 Å². The number of hydrogen-bond donors (Lipinski definition) is 6. The first kappa shape index (κ1) is 29.4. The molecule has 2 aromatic heterocycles. The fraction of sp³-hybridized carbons (Fsp3) is 0.545. The Bertz CT molecular complexity index is 1020. The van der Waals surface area contributed by atoms with E-state index in [4.69, 9.17) is 14.2 Å². The van der Waals surface area contributed by atoms with E-state index in [-0.39, 0.29) is 11.9 Å². The van der Waals surface area contributed by atoms with E-state index in [1.165, 1.54) is 12.1 Å². The molecule has 0 aromatic carbocycles. The number of urea groups is 2. The zero-order chi connectivity index (χ0) is 26.9. The Morgan fingerprint density at radius 1 is 0.703 bits per heavy atom. The number of aromatic amines is 2. The lowest BCUT2D eigenvalue weighted by molar-refractivity contribution is 0.0140. The smallest absolute Gasteiger partial charge is 0.321 e. The first-order valence-electron chi connectivity index (χ1n) is 11.8. The molecule has 0 saturated heterocycles. The number of nitrogens with zero attached hydrogens (tertiary/aromatic N) is 2. The topological polar surface area (TPSA) is 201 Å². The molecule has 0 saturated carbocycles. The monoisotopic (exact) mass is 522 g/mol. The second kappa shape index (κ2) is 16.8. The first-order valence-corrected chi connectivity index (χ1v) is 11.8. The normalized spacial score (nSPS) is 10.6. The van der Waals surface area contributed by atoms with Gasteiger partial charge in [0.2, 0.25) is 11.9 Å². The van der Waals surface area contributed by atoms with Crippen LogP contribution in [0.25, 0.3) is 0 Å². The van der Waals surface area contributed by atoms with Gasteiger partial charge in [-0.05, 0) is 26.7 Å². The molecule has 204 valence electrons. The van der Waals surface area contributed by atoms with Crippen molar-refractivity contribution < 1.29 is 23.8 Å². The van der Waals surface area contributed by atoms with Crippen molar-refractivity contribution in [1.82, 2.24) is 30.6 Å². The largest absolute Gasteiger partial charge is 0.379 e. The van der Waals surface area contributed by atoms with Gasteiger partial charge < -0.3 is 34.8 Å². The molecule has 15 nitrogen and oxygen atoms in total. The van der Waals surface area contributed by atoms with Crippen LogP contribution >= 0.6 is 0 Å². The van der Waals surface area contributed by atoms with Crippen LogP contribution in [0.5, 0.6) is 0 Å². The lowest BCUT2D eigenvalue weighted by Gasteiger charge is -2.09. The molecule has 0 aliphatic rings. The van der Waals surface area contributed by atoms with Gasteiger partial charge in [0.1, 0.15) is 0 Å². The van der Waals surface area contributed by atoms with E-state index in [1.807, 2.05) is 0 Å². The maximum absolute atomic E-state index is 11.8. The van der Waals surface area contributed by atoms with Crippen LogP contribution < -0.4 is 32.4 Å². The zero-order valence-corrected chi connectivity index (χ0v) is 21.0. The van der Waals surface area contributed by atoms with Gasteiger partial charge in [-0.15, -0.1) is 0 Å². The second-order valence-corrected chi connectivity index (χ2v) is 7.81. The average Bonchev–Trinajstić information content (AvgIpc) is 2.80. The quantitative estimate of drug-likeness (QED) is 0.167. The Morgan fingerprint density at radius 2 is 1.08 bits per heavy atom.